The van der Waals surface area contributed by atoms with Crippen molar-refractivity contribution in [2.75, 3.05) is 47.3 Å². The second-order valence-corrected chi connectivity index (χ2v) is 25.2. The Morgan fingerprint density at radius 2 is 0.562 bits per heavy atom. The van der Waals surface area contributed by atoms with Gasteiger partial charge in [0.25, 0.3) is 0 Å². The summed E-state index contributed by atoms with van der Waals surface area (Å²) in [5.41, 5.74) is 0. The summed E-state index contributed by atoms with van der Waals surface area (Å²) in [4.78, 5) is 0. The Bertz CT molecular complexity index is 2370. The van der Waals surface area contributed by atoms with Gasteiger partial charge in [-0.2, -0.15) is 0 Å². The molecule has 9 saturated heterocycles. The number of aliphatic hydroxyl groups is 22. The monoisotopic (exact) mass is 1410 g/mol. The Hall–Kier alpha value is -1.64. The smallest absolute Gasteiger partial charge is 0.189 e. The molecule has 560 valence electrons. The summed E-state index contributed by atoms with van der Waals surface area (Å²) in [5, 5.41) is 244. The second kappa shape index (κ2) is 33.4. The van der Waals surface area contributed by atoms with Gasteiger partial charge in [-0.25, -0.2) is 0 Å². The van der Waals surface area contributed by atoms with Gasteiger partial charge in [0, 0.05) is 14.2 Å². The summed E-state index contributed by atoms with van der Waals surface area (Å²) < 4.78 is 111. The maximum absolute atomic E-state index is 12.2. The van der Waals surface area contributed by atoms with E-state index >= 15 is 0 Å². The van der Waals surface area contributed by atoms with E-state index in [1.54, 1.807) is 0 Å². The van der Waals surface area contributed by atoms with Crippen LogP contribution in [0, 0.1) is 0 Å². The van der Waals surface area contributed by atoms with Crippen LogP contribution in [-0.4, -0.2) is 430 Å². The Kier molecular flexibility index (Phi) is 27.3. The summed E-state index contributed by atoms with van der Waals surface area (Å²) in [6, 6.07) is 0. The van der Waals surface area contributed by atoms with Crippen LogP contribution < -0.4 is 0 Å². The Morgan fingerprint density at radius 3 is 1.03 bits per heavy atom. The third kappa shape index (κ3) is 16.2. The molecule has 9 fully saturated rings. The quantitative estimate of drug-likeness (QED) is 0.0479. The normalized spacial score (nSPS) is 54.6. The largest absolute Gasteiger partial charge is 0.394 e. The number of aliphatic hydroxyl groups excluding tert-OH is 22. The zero-order valence-electron chi connectivity index (χ0n) is 52.5. The van der Waals surface area contributed by atoms with Crippen LogP contribution >= 0.6 is 0 Å². The number of rotatable bonds is 22. The molecule has 9 rings (SSSR count). The Balaban J connectivity index is 0.944. The van der Waals surface area contributed by atoms with E-state index in [1.807, 2.05) is 0 Å². The molecule has 41 heteroatoms. The average molecular weight is 1410 g/mol. The van der Waals surface area contributed by atoms with Crippen LogP contribution in [0.3, 0.4) is 0 Å². The first-order chi connectivity index (χ1) is 45.4. The highest BCUT2D eigenvalue weighted by atomic mass is 16.8. The van der Waals surface area contributed by atoms with Crippen molar-refractivity contribution in [2.45, 2.75) is 298 Å². The minimum Gasteiger partial charge on any atom is -0.394 e. The zero-order chi connectivity index (χ0) is 70.4. The third-order valence-electron chi connectivity index (χ3n) is 18.6. The molecule has 9 heterocycles. The van der Waals surface area contributed by atoms with Crippen LogP contribution in [0.2, 0.25) is 0 Å². The predicted octanol–water partition coefficient (Wildman–Crippen LogP) is -14.6. The van der Waals surface area contributed by atoms with Gasteiger partial charge in [-0.3, -0.25) is 0 Å². The molecule has 22 N–H and O–H groups in total. The molecule has 0 saturated carbocycles. The summed E-state index contributed by atoms with van der Waals surface area (Å²) in [6.07, 6.45) is -81.5. The fourth-order valence-electron chi connectivity index (χ4n) is 12.7. The van der Waals surface area contributed by atoms with E-state index in [0.29, 0.717) is 0 Å². The van der Waals surface area contributed by atoms with Crippen molar-refractivity contribution in [1.29, 1.82) is 0 Å². The highest BCUT2D eigenvalue weighted by molar-refractivity contribution is 5.02. The lowest BCUT2D eigenvalue weighted by Gasteiger charge is -2.51. The summed E-state index contributed by atoms with van der Waals surface area (Å²) in [7, 11) is 2.39. The van der Waals surface area contributed by atoms with E-state index < -0.39 is 303 Å². The first-order valence-electron chi connectivity index (χ1n) is 31.3. The average Bonchev–Trinajstić information content (AvgIpc) is 0.789. The Labute approximate surface area is 546 Å². The molecule has 0 spiro atoms. The number of hydrogen-bond donors (Lipinski definition) is 22. The van der Waals surface area contributed by atoms with Crippen molar-refractivity contribution in [3.05, 3.63) is 0 Å². The van der Waals surface area contributed by atoms with Gasteiger partial charge in [-0.05, 0) is 27.7 Å². The van der Waals surface area contributed by atoms with Gasteiger partial charge < -0.3 is 202 Å². The molecular formula is C55H94O41. The molecule has 96 heavy (non-hydrogen) atoms. The molecule has 41 nitrogen and oxygen atoms in total. The fourth-order valence-corrected chi connectivity index (χ4v) is 12.7. The molecule has 0 amide bonds. The van der Waals surface area contributed by atoms with Crippen molar-refractivity contribution in [1.82, 2.24) is 0 Å². The standard InChI is InChI=1S/C55H94O41/c1-12-21(60)30(69)33(72)48(81-12)95-45-43(79-6)23(62)14(3)83-54(45)93-44-24(63)15(4)84-55(46(44)94-47-32(71)25(64)16(59)10-80-47)92-41-28(67)19(9-58)87-52(37(41)76)91-40-27(66)18(8-57)86-51(36(40)75)89-39-22(61)13(2)82-50(35(39)74)90-42-29(68)20(11-78-5)88-53(38(42)77)96-49-34(73)31(70)26(65)17(7-56)85-49/h12-77H,7-11H2,1-6H3/t12-,13-,14-,15-,16+,17+,18+,19+,20+,21-,22-,23-,24-,25-,26+,27+,28+,29+,30+,31-,32+,33+,34+,35+,36+,37+,38+,39+,40-,41-,42-,43+,44+,45+,46+,47-,48-,49+,50-,51-,52-,53+,54-,55-/m0/s1. The lowest BCUT2D eigenvalue weighted by atomic mass is 9.95. The van der Waals surface area contributed by atoms with Crippen LogP contribution in [0.15, 0.2) is 0 Å². The molecule has 44 atom stereocenters. The van der Waals surface area contributed by atoms with E-state index in [1.165, 1.54) is 41.9 Å². The first-order valence-corrected chi connectivity index (χ1v) is 31.3. The lowest BCUT2D eigenvalue weighted by Crippen LogP contribution is -2.69. The van der Waals surface area contributed by atoms with Gasteiger partial charge in [-0.15, -0.1) is 0 Å². The maximum Gasteiger partial charge on any atom is 0.189 e. The van der Waals surface area contributed by atoms with E-state index in [2.05, 4.69) is 0 Å². The van der Waals surface area contributed by atoms with Crippen molar-refractivity contribution < 1.29 is 202 Å². The molecule has 0 aromatic heterocycles. The highest BCUT2D eigenvalue weighted by Gasteiger charge is 2.60. The summed E-state index contributed by atoms with van der Waals surface area (Å²) >= 11 is 0. The first kappa shape index (κ1) is 78.5. The van der Waals surface area contributed by atoms with Crippen molar-refractivity contribution in [3.63, 3.8) is 0 Å². The minimum atomic E-state index is -2.34. The molecule has 0 unspecified atom stereocenters. The van der Waals surface area contributed by atoms with Gasteiger partial charge in [0.2, 0.25) is 0 Å². The van der Waals surface area contributed by atoms with E-state index in [9.17, 15) is 112 Å². The summed E-state index contributed by atoms with van der Waals surface area (Å²) in [5.74, 6) is 0. The third-order valence-corrected chi connectivity index (χ3v) is 18.6. The second-order valence-electron chi connectivity index (χ2n) is 25.2. The number of hydrogen-bond acceptors (Lipinski definition) is 41. The van der Waals surface area contributed by atoms with Crippen LogP contribution in [0.5, 0.6) is 0 Å². The molecule has 0 aromatic carbocycles. The van der Waals surface area contributed by atoms with Crippen molar-refractivity contribution in [2.24, 2.45) is 0 Å². The van der Waals surface area contributed by atoms with Crippen molar-refractivity contribution >= 4 is 0 Å². The molecule has 0 aromatic rings. The zero-order valence-corrected chi connectivity index (χ0v) is 52.5. The maximum atomic E-state index is 12.2. The predicted molar refractivity (Wildman–Crippen MR) is 295 cm³/mol. The fraction of sp³-hybridized carbons (Fsp3) is 1.00. The van der Waals surface area contributed by atoms with Gasteiger partial charge in [0.05, 0.1) is 57.5 Å². The van der Waals surface area contributed by atoms with Gasteiger partial charge in [0.15, 0.2) is 56.6 Å². The van der Waals surface area contributed by atoms with Crippen LogP contribution in [-0.2, 0) is 90.0 Å². The molecule has 0 aliphatic carbocycles. The number of ether oxygens (including phenoxy) is 19. The van der Waals surface area contributed by atoms with Crippen molar-refractivity contribution in [3.8, 4) is 0 Å². The van der Waals surface area contributed by atoms with E-state index in [-0.39, 0.29) is 0 Å². The van der Waals surface area contributed by atoms with E-state index in [0.717, 1.165) is 0 Å². The molecule has 0 radical (unpaired) electrons. The molecule has 9 aliphatic heterocycles. The molecule has 9 aliphatic rings. The van der Waals surface area contributed by atoms with Crippen LogP contribution in [0.4, 0.5) is 0 Å². The molecular weight excluding hydrogens is 1320 g/mol. The SMILES string of the molecule is COC[C@H]1O[C@H](O[C@H]2O[C@H](CO)[C@@H](O)[C@H](O)[C@H]2O)[C@H](O)[C@@H](O[C@@H]2O[C@@H](C)[C@H](O)[C@@H](O[C@@H]3O[C@H](CO)[C@@H](O)[C@H](O[C@@H]4O[C@H](CO)[C@@H](O)[C@H](O[C@@H]5O[C@@H](C)[C@H](O)[C@@H](O[C@@H]6O[C@@H](C)[C@H](O)[C@@H](OC)[C@H]6O[C@@H]6O[C@@H](C)[C@H](O)[C@@H](O)[C@H]6O)[C@H]5O[C@@H]5OC[C@@H](O)[C@H](O)[C@H]5O)[C@H]4O)[C@H]3O)[C@H]2O)[C@@H]1O. The van der Waals surface area contributed by atoms with Gasteiger partial charge in [-0.1, -0.05) is 0 Å². The molecule has 0 bridgehead atoms. The lowest BCUT2D eigenvalue weighted by molar-refractivity contribution is -0.412. The topological polar surface area (TPSA) is 620 Å². The highest BCUT2D eigenvalue weighted by Crippen LogP contribution is 2.40. The van der Waals surface area contributed by atoms with Gasteiger partial charge in [0.1, 0.15) is 189 Å². The van der Waals surface area contributed by atoms with E-state index in [4.69, 9.17) is 90.0 Å². The van der Waals surface area contributed by atoms with Gasteiger partial charge >= 0.3 is 0 Å². The van der Waals surface area contributed by atoms with Crippen LogP contribution in [0.1, 0.15) is 27.7 Å². The minimum absolute atomic E-state index is 0.413. The van der Waals surface area contributed by atoms with Crippen LogP contribution in [0.25, 0.3) is 0 Å². The summed E-state index contributed by atoms with van der Waals surface area (Å²) in [6.45, 7) is 1.23. The number of methoxy groups -OCH3 is 2. The Morgan fingerprint density at radius 1 is 0.260 bits per heavy atom.